The van der Waals surface area contributed by atoms with Crippen molar-refractivity contribution in [1.82, 2.24) is 5.43 Å². The lowest BCUT2D eigenvalue weighted by molar-refractivity contribution is -0.119. The average Bonchev–Trinajstić information content (AvgIpc) is 2.89. The van der Waals surface area contributed by atoms with E-state index in [0.29, 0.717) is 17.9 Å². The van der Waals surface area contributed by atoms with E-state index in [4.69, 9.17) is 9.47 Å². The standard InChI is InChI=1S/C26H29N3O5S/c1-20(14-15-21-10-6-4-7-11-21)27-28-26(30)19-29(22-12-8-5-9-13-22)35(31,32)23-16-17-24(33-2)25(18-23)34-3/h4-13,16-18H,14-15,19H2,1-3H3,(H,28,30)/b27-20-. The molecule has 0 aliphatic heterocycles. The number of hydrogen-bond donors (Lipinski definition) is 1. The normalized spacial score (nSPS) is 11.6. The molecule has 3 rings (SSSR count). The van der Waals surface area contributed by atoms with E-state index in [1.54, 1.807) is 30.3 Å². The molecule has 184 valence electrons. The second-order valence-corrected chi connectivity index (χ2v) is 9.59. The van der Waals surface area contributed by atoms with Crippen molar-refractivity contribution in [1.29, 1.82) is 0 Å². The van der Waals surface area contributed by atoms with Gasteiger partial charge in [0.05, 0.1) is 24.8 Å². The molecule has 0 aliphatic carbocycles. The fraction of sp³-hybridized carbons (Fsp3) is 0.231. The SMILES string of the molecule is COc1ccc(S(=O)(=O)N(CC(=O)N/N=C(/C)CCc2ccccc2)c2ccccc2)cc1OC. The largest absolute Gasteiger partial charge is 0.493 e. The fourth-order valence-electron chi connectivity index (χ4n) is 3.36. The molecule has 0 fully saturated rings. The third-order valence-electron chi connectivity index (χ3n) is 5.26. The number of amides is 1. The zero-order chi connectivity index (χ0) is 25.3. The van der Waals surface area contributed by atoms with Crippen LogP contribution in [-0.2, 0) is 21.2 Å². The second kappa shape index (κ2) is 12.0. The van der Waals surface area contributed by atoms with Gasteiger partial charge in [-0.1, -0.05) is 48.5 Å². The van der Waals surface area contributed by atoms with Crippen molar-refractivity contribution in [2.24, 2.45) is 5.10 Å². The Balaban J connectivity index is 1.78. The highest BCUT2D eigenvalue weighted by Crippen LogP contribution is 2.32. The first-order valence-electron chi connectivity index (χ1n) is 11.0. The topological polar surface area (TPSA) is 97.3 Å². The number of rotatable bonds is 11. The van der Waals surface area contributed by atoms with Crippen LogP contribution >= 0.6 is 0 Å². The lowest BCUT2D eigenvalue weighted by atomic mass is 10.1. The predicted molar refractivity (Wildman–Crippen MR) is 137 cm³/mol. The number of hydrogen-bond acceptors (Lipinski definition) is 6. The van der Waals surface area contributed by atoms with E-state index in [-0.39, 0.29) is 10.6 Å². The molecule has 3 aromatic carbocycles. The summed E-state index contributed by atoms with van der Waals surface area (Å²) >= 11 is 0. The van der Waals surface area contributed by atoms with Gasteiger partial charge in [0.15, 0.2) is 11.5 Å². The van der Waals surface area contributed by atoms with Crippen LogP contribution in [0, 0.1) is 0 Å². The van der Waals surface area contributed by atoms with Gasteiger partial charge < -0.3 is 9.47 Å². The van der Waals surface area contributed by atoms with Crippen LogP contribution in [0.5, 0.6) is 11.5 Å². The Hall–Kier alpha value is -3.85. The van der Waals surface area contributed by atoms with Gasteiger partial charge in [-0.05, 0) is 49.6 Å². The van der Waals surface area contributed by atoms with Gasteiger partial charge in [0.1, 0.15) is 6.54 Å². The summed E-state index contributed by atoms with van der Waals surface area (Å²) in [5.74, 6) is 0.109. The molecule has 3 aromatic rings. The van der Waals surface area contributed by atoms with E-state index in [1.807, 2.05) is 37.3 Å². The van der Waals surface area contributed by atoms with Crippen molar-refractivity contribution < 1.29 is 22.7 Å². The monoisotopic (exact) mass is 495 g/mol. The van der Waals surface area contributed by atoms with Crippen molar-refractivity contribution in [3.63, 3.8) is 0 Å². The summed E-state index contributed by atoms with van der Waals surface area (Å²) < 4.78 is 38.6. The molecule has 0 atom stereocenters. The quantitative estimate of drug-likeness (QED) is 0.320. The molecule has 1 amide bonds. The molecule has 0 saturated heterocycles. The number of aryl methyl sites for hydroxylation is 1. The number of sulfonamides is 1. The van der Waals surface area contributed by atoms with Crippen LogP contribution in [0.2, 0.25) is 0 Å². The number of ether oxygens (including phenoxy) is 2. The number of methoxy groups -OCH3 is 2. The molecule has 0 saturated carbocycles. The Kier molecular flexibility index (Phi) is 8.86. The summed E-state index contributed by atoms with van der Waals surface area (Å²) in [6.07, 6.45) is 1.45. The van der Waals surface area contributed by atoms with Gasteiger partial charge in [0, 0.05) is 11.8 Å². The van der Waals surface area contributed by atoms with Crippen molar-refractivity contribution in [2.75, 3.05) is 25.1 Å². The Morgan fingerprint density at radius 1 is 0.914 bits per heavy atom. The molecule has 0 aliphatic rings. The molecule has 1 N–H and O–H groups in total. The number of nitrogens with zero attached hydrogens (tertiary/aromatic N) is 2. The molecule has 0 radical (unpaired) electrons. The van der Waals surface area contributed by atoms with Gasteiger partial charge in [-0.25, -0.2) is 13.8 Å². The number of anilines is 1. The smallest absolute Gasteiger partial charge is 0.264 e. The Morgan fingerprint density at radius 3 is 2.17 bits per heavy atom. The van der Waals surface area contributed by atoms with Gasteiger partial charge in [-0.3, -0.25) is 9.10 Å². The van der Waals surface area contributed by atoms with Crippen LogP contribution in [0.25, 0.3) is 0 Å². The number of carbonyl (C=O) groups is 1. The molecule has 0 bridgehead atoms. The van der Waals surface area contributed by atoms with Crippen LogP contribution in [0.15, 0.2) is 88.9 Å². The number of nitrogens with one attached hydrogen (secondary N) is 1. The Bertz CT molecular complexity index is 1260. The van der Waals surface area contributed by atoms with Crippen LogP contribution in [0.4, 0.5) is 5.69 Å². The van der Waals surface area contributed by atoms with E-state index in [2.05, 4.69) is 10.5 Å². The zero-order valence-electron chi connectivity index (χ0n) is 20.0. The first-order valence-corrected chi connectivity index (χ1v) is 12.4. The van der Waals surface area contributed by atoms with Crippen LogP contribution in [-0.4, -0.2) is 40.8 Å². The summed E-state index contributed by atoms with van der Waals surface area (Å²) in [6, 6.07) is 22.7. The van der Waals surface area contributed by atoms with Gasteiger partial charge in [-0.2, -0.15) is 5.10 Å². The molecule has 0 spiro atoms. The third kappa shape index (κ3) is 6.83. The van der Waals surface area contributed by atoms with Crippen LogP contribution in [0.3, 0.4) is 0 Å². The number of hydrazone groups is 1. The average molecular weight is 496 g/mol. The number of para-hydroxylation sites is 1. The van der Waals surface area contributed by atoms with E-state index >= 15 is 0 Å². The highest BCUT2D eigenvalue weighted by molar-refractivity contribution is 7.92. The van der Waals surface area contributed by atoms with Crippen molar-refractivity contribution in [2.45, 2.75) is 24.7 Å². The molecule has 9 heteroatoms. The molecule has 0 aromatic heterocycles. The van der Waals surface area contributed by atoms with Crippen LogP contribution < -0.4 is 19.2 Å². The maximum absolute atomic E-state index is 13.5. The van der Waals surface area contributed by atoms with Crippen molar-refractivity contribution >= 4 is 27.3 Å². The number of carbonyl (C=O) groups excluding carboxylic acids is 1. The van der Waals surface area contributed by atoms with E-state index < -0.39 is 22.5 Å². The Morgan fingerprint density at radius 2 is 1.54 bits per heavy atom. The molecule has 35 heavy (non-hydrogen) atoms. The minimum Gasteiger partial charge on any atom is -0.493 e. The second-order valence-electron chi connectivity index (χ2n) is 7.73. The summed E-state index contributed by atoms with van der Waals surface area (Å²) in [7, 11) is -1.21. The van der Waals surface area contributed by atoms with E-state index in [9.17, 15) is 13.2 Å². The lowest BCUT2D eigenvalue weighted by Crippen LogP contribution is -2.39. The van der Waals surface area contributed by atoms with Gasteiger partial charge in [0.2, 0.25) is 0 Å². The summed E-state index contributed by atoms with van der Waals surface area (Å²) in [6.45, 7) is 1.37. The minimum absolute atomic E-state index is 0.0330. The van der Waals surface area contributed by atoms with Crippen molar-refractivity contribution in [3.8, 4) is 11.5 Å². The maximum Gasteiger partial charge on any atom is 0.264 e. The highest BCUT2D eigenvalue weighted by Gasteiger charge is 2.28. The van der Waals surface area contributed by atoms with Crippen LogP contribution in [0.1, 0.15) is 18.9 Å². The van der Waals surface area contributed by atoms with Crippen molar-refractivity contribution in [3.05, 3.63) is 84.4 Å². The van der Waals surface area contributed by atoms with Gasteiger partial charge in [0.25, 0.3) is 15.9 Å². The maximum atomic E-state index is 13.5. The molecular weight excluding hydrogens is 466 g/mol. The predicted octanol–water partition coefficient (Wildman–Crippen LogP) is 4.02. The summed E-state index contributed by atoms with van der Waals surface area (Å²) in [4.78, 5) is 12.7. The molecule has 0 heterocycles. The first kappa shape index (κ1) is 25.8. The Labute approximate surface area is 206 Å². The molecule has 0 unspecified atom stereocenters. The highest BCUT2D eigenvalue weighted by atomic mass is 32.2. The van der Waals surface area contributed by atoms with E-state index in [1.165, 1.54) is 38.0 Å². The lowest BCUT2D eigenvalue weighted by Gasteiger charge is -2.24. The number of benzene rings is 3. The summed E-state index contributed by atoms with van der Waals surface area (Å²) in [5, 5.41) is 4.15. The first-order chi connectivity index (χ1) is 16.8. The fourth-order valence-corrected chi connectivity index (χ4v) is 4.80. The van der Waals surface area contributed by atoms with E-state index in [0.717, 1.165) is 16.4 Å². The third-order valence-corrected chi connectivity index (χ3v) is 7.03. The summed E-state index contributed by atoms with van der Waals surface area (Å²) in [5.41, 5.74) is 4.73. The van der Waals surface area contributed by atoms with Gasteiger partial charge in [-0.15, -0.1) is 0 Å². The molecule has 8 nitrogen and oxygen atoms in total. The molecular formula is C26H29N3O5S. The zero-order valence-corrected chi connectivity index (χ0v) is 20.8. The van der Waals surface area contributed by atoms with Gasteiger partial charge >= 0.3 is 0 Å². The minimum atomic E-state index is -4.10.